The Bertz CT molecular complexity index is 625. The first-order valence-electron chi connectivity index (χ1n) is 6.64. The zero-order valence-electron chi connectivity index (χ0n) is 11.6. The Labute approximate surface area is 123 Å². The first-order chi connectivity index (χ1) is 10.1. The highest BCUT2D eigenvalue weighted by molar-refractivity contribution is 5.95. The monoisotopic (exact) mass is 282 g/mol. The summed E-state index contributed by atoms with van der Waals surface area (Å²) in [5, 5.41) is 13.0. The second kappa shape index (κ2) is 7.09. The minimum Gasteiger partial charge on any atom is -0.384 e. The summed E-state index contributed by atoms with van der Waals surface area (Å²) in [5.74, 6) is 0.0189. The van der Waals surface area contributed by atoms with Crippen LogP contribution in [0.15, 0.2) is 54.6 Å². The number of nitrogen functional groups attached to an aromatic ring is 1. The summed E-state index contributed by atoms with van der Waals surface area (Å²) in [7, 11) is 0. The van der Waals surface area contributed by atoms with Gasteiger partial charge in [0.15, 0.2) is 0 Å². The Balaban J connectivity index is 1.81. The molecule has 2 rings (SSSR count). The van der Waals surface area contributed by atoms with Crippen LogP contribution in [0.3, 0.4) is 0 Å². The zero-order chi connectivity index (χ0) is 15.1. The third-order valence-electron chi connectivity index (χ3n) is 2.99. The smallest absolute Gasteiger partial charge is 0.315 e. The van der Waals surface area contributed by atoms with Crippen LogP contribution >= 0.6 is 0 Å². The Hall–Kier alpha value is -2.82. The van der Waals surface area contributed by atoms with E-state index in [1.165, 1.54) is 0 Å². The van der Waals surface area contributed by atoms with Crippen LogP contribution in [0.2, 0.25) is 0 Å². The minimum absolute atomic E-state index is 0.0189. The van der Waals surface area contributed by atoms with E-state index in [9.17, 15) is 4.79 Å². The lowest BCUT2D eigenvalue weighted by molar-refractivity contribution is 0.240. The van der Waals surface area contributed by atoms with E-state index >= 15 is 0 Å². The number of urea groups is 1. The second-order valence-corrected chi connectivity index (χ2v) is 4.64. The highest BCUT2D eigenvalue weighted by Crippen LogP contribution is 2.04. The minimum atomic E-state index is -0.230. The van der Waals surface area contributed by atoms with Gasteiger partial charge in [0, 0.05) is 18.7 Å². The van der Waals surface area contributed by atoms with Crippen molar-refractivity contribution in [1.82, 2.24) is 10.6 Å². The number of rotatable bonds is 5. The summed E-state index contributed by atoms with van der Waals surface area (Å²) in [5.41, 5.74) is 8.03. The lowest BCUT2D eigenvalue weighted by Crippen LogP contribution is -2.34. The van der Waals surface area contributed by atoms with Gasteiger partial charge in [0.1, 0.15) is 5.84 Å². The van der Waals surface area contributed by atoms with Gasteiger partial charge < -0.3 is 16.4 Å². The lowest BCUT2D eigenvalue weighted by Gasteiger charge is -2.08. The molecule has 21 heavy (non-hydrogen) atoms. The number of amidine groups is 1. The molecule has 0 fully saturated rings. The predicted octanol–water partition coefficient (Wildman–Crippen LogP) is 1.97. The molecular weight excluding hydrogens is 264 g/mol. The molecule has 0 bridgehead atoms. The van der Waals surface area contributed by atoms with Gasteiger partial charge in [-0.15, -0.1) is 0 Å². The second-order valence-electron chi connectivity index (χ2n) is 4.64. The maximum atomic E-state index is 11.7. The molecule has 0 aliphatic carbocycles. The third kappa shape index (κ3) is 4.65. The summed E-state index contributed by atoms with van der Waals surface area (Å²) < 4.78 is 0. The number of hydrogen-bond donors (Lipinski definition) is 4. The maximum absolute atomic E-state index is 11.7. The van der Waals surface area contributed by atoms with Crippen molar-refractivity contribution < 1.29 is 4.79 Å². The lowest BCUT2D eigenvalue weighted by atomic mass is 10.1. The normalized spacial score (nSPS) is 9.90. The third-order valence-corrected chi connectivity index (χ3v) is 2.99. The molecule has 2 aromatic carbocycles. The van der Waals surface area contributed by atoms with E-state index in [1.807, 2.05) is 42.5 Å². The van der Waals surface area contributed by atoms with Crippen LogP contribution in [0.1, 0.15) is 16.7 Å². The highest BCUT2D eigenvalue weighted by Gasteiger charge is 2.02. The molecule has 2 aromatic rings. The quantitative estimate of drug-likeness (QED) is 0.499. The van der Waals surface area contributed by atoms with E-state index in [-0.39, 0.29) is 11.9 Å². The van der Waals surface area contributed by atoms with Gasteiger partial charge in [0.25, 0.3) is 0 Å². The van der Waals surface area contributed by atoms with Crippen molar-refractivity contribution in [2.24, 2.45) is 5.73 Å². The molecular formula is C16H18N4O. The number of nitrogens with two attached hydrogens (primary N) is 1. The van der Waals surface area contributed by atoms with Crippen LogP contribution in [0.4, 0.5) is 4.79 Å². The van der Waals surface area contributed by atoms with E-state index in [4.69, 9.17) is 11.1 Å². The average Bonchev–Trinajstić information content (AvgIpc) is 2.52. The molecule has 5 nitrogen and oxygen atoms in total. The van der Waals surface area contributed by atoms with E-state index in [0.29, 0.717) is 18.7 Å². The first-order valence-corrected chi connectivity index (χ1v) is 6.64. The maximum Gasteiger partial charge on any atom is 0.315 e. The van der Waals surface area contributed by atoms with Crippen molar-refractivity contribution >= 4 is 11.9 Å². The fraction of sp³-hybridized carbons (Fsp3) is 0.125. The van der Waals surface area contributed by atoms with Crippen LogP contribution in [-0.4, -0.2) is 11.9 Å². The van der Waals surface area contributed by atoms with Crippen molar-refractivity contribution in [1.29, 1.82) is 5.41 Å². The summed E-state index contributed by atoms with van der Waals surface area (Å²) in [6.07, 6.45) is 0. The molecule has 5 N–H and O–H groups in total. The van der Waals surface area contributed by atoms with Crippen molar-refractivity contribution in [2.45, 2.75) is 13.1 Å². The molecule has 0 atom stereocenters. The van der Waals surface area contributed by atoms with Gasteiger partial charge in [-0.1, -0.05) is 48.5 Å². The van der Waals surface area contributed by atoms with Gasteiger partial charge in [0.2, 0.25) is 0 Å². The number of nitrogens with one attached hydrogen (secondary N) is 3. The zero-order valence-corrected chi connectivity index (χ0v) is 11.6. The Kier molecular flexibility index (Phi) is 4.93. The predicted molar refractivity (Wildman–Crippen MR) is 83.0 cm³/mol. The molecule has 0 radical (unpaired) electrons. The summed E-state index contributed by atoms with van der Waals surface area (Å²) >= 11 is 0. The van der Waals surface area contributed by atoms with Gasteiger partial charge in [0.05, 0.1) is 0 Å². The van der Waals surface area contributed by atoms with Crippen LogP contribution in [0, 0.1) is 5.41 Å². The standard InChI is InChI=1S/C16H18N4O/c17-15(18)14-8-4-7-13(9-14)11-20-16(21)19-10-12-5-2-1-3-6-12/h1-9H,10-11H2,(H3,17,18)(H2,19,20,21). The van der Waals surface area contributed by atoms with E-state index in [1.54, 1.807) is 12.1 Å². The molecule has 0 saturated carbocycles. The van der Waals surface area contributed by atoms with Gasteiger partial charge in [-0.05, 0) is 17.2 Å². The Morgan fingerprint density at radius 1 is 0.952 bits per heavy atom. The molecule has 0 saturated heterocycles. The van der Waals surface area contributed by atoms with Crippen LogP contribution in [0.5, 0.6) is 0 Å². The molecule has 2 amide bonds. The highest BCUT2D eigenvalue weighted by atomic mass is 16.2. The molecule has 5 heteroatoms. The van der Waals surface area contributed by atoms with Crippen LogP contribution < -0.4 is 16.4 Å². The molecule has 0 spiro atoms. The summed E-state index contributed by atoms with van der Waals surface area (Å²) in [4.78, 5) is 11.7. The van der Waals surface area contributed by atoms with Crippen molar-refractivity contribution in [2.75, 3.05) is 0 Å². The molecule has 0 heterocycles. The van der Waals surface area contributed by atoms with Crippen molar-refractivity contribution in [3.63, 3.8) is 0 Å². The molecule has 0 aliphatic heterocycles. The largest absolute Gasteiger partial charge is 0.384 e. The fourth-order valence-corrected chi connectivity index (χ4v) is 1.87. The Morgan fingerprint density at radius 3 is 2.24 bits per heavy atom. The van der Waals surface area contributed by atoms with Crippen LogP contribution in [-0.2, 0) is 13.1 Å². The number of benzene rings is 2. The van der Waals surface area contributed by atoms with Crippen LogP contribution in [0.25, 0.3) is 0 Å². The SMILES string of the molecule is N=C(N)c1cccc(CNC(=O)NCc2ccccc2)c1. The number of carbonyl (C=O) groups excluding carboxylic acids is 1. The summed E-state index contributed by atoms with van der Waals surface area (Å²) in [6, 6.07) is 16.7. The van der Waals surface area contributed by atoms with Crippen molar-refractivity contribution in [3.05, 3.63) is 71.3 Å². The van der Waals surface area contributed by atoms with Gasteiger partial charge in [-0.25, -0.2) is 4.79 Å². The van der Waals surface area contributed by atoms with Gasteiger partial charge in [-0.2, -0.15) is 0 Å². The molecule has 108 valence electrons. The topological polar surface area (TPSA) is 91.0 Å². The molecule has 0 unspecified atom stereocenters. The average molecular weight is 282 g/mol. The Morgan fingerprint density at radius 2 is 1.57 bits per heavy atom. The fourth-order valence-electron chi connectivity index (χ4n) is 1.87. The molecule has 0 aliphatic rings. The summed E-state index contributed by atoms with van der Waals surface area (Å²) in [6.45, 7) is 0.877. The van der Waals surface area contributed by atoms with E-state index in [2.05, 4.69) is 10.6 Å². The number of amides is 2. The number of hydrogen-bond acceptors (Lipinski definition) is 2. The van der Waals surface area contributed by atoms with E-state index < -0.39 is 0 Å². The first kappa shape index (κ1) is 14.6. The van der Waals surface area contributed by atoms with E-state index in [0.717, 1.165) is 11.1 Å². The van der Waals surface area contributed by atoms with Gasteiger partial charge in [-0.3, -0.25) is 5.41 Å². The number of carbonyl (C=O) groups is 1. The molecule has 0 aromatic heterocycles. The van der Waals surface area contributed by atoms with Crippen molar-refractivity contribution in [3.8, 4) is 0 Å². The van der Waals surface area contributed by atoms with Gasteiger partial charge >= 0.3 is 6.03 Å².